The maximum Gasteiger partial charge on any atom is 0.425 e. The van der Waals surface area contributed by atoms with E-state index in [1.165, 1.54) is 41.5 Å². The van der Waals surface area contributed by atoms with E-state index < -0.39 is 53.2 Å². The molecule has 0 aliphatic carbocycles. The molecule has 0 radical (unpaired) electrons. The summed E-state index contributed by atoms with van der Waals surface area (Å²) in [6.45, 7) is 8.06. The fourth-order valence-corrected chi connectivity index (χ4v) is 1.75. The van der Waals surface area contributed by atoms with Gasteiger partial charge in [0.15, 0.2) is 5.82 Å². The number of rotatable bonds is 2. The number of carbonyl (C=O) groups is 2. The van der Waals surface area contributed by atoms with Gasteiger partial charge in [-0.1, -0.05) is 0 Å². The number of hydrogen-bond acceptors (Lipinski definition) is 7. The molecular weight excluding hydrogens is 371 g/mol. The molecule has 2 amide bonds. The van der Waals surface area contributed by atoms with Gasteiger partial charge in [-0.05, 0) is 47.6 Å². The van der Waals surface area contributed by atoms with Crippen LogP contribution in [0.4, 0.5) is 28.6 Å². The third kappa shape index (κ3) is 6.66. The number of anilines is 1. The van der Waals surface area contributed by atoms with E-state index in [0.29, 0.717) is 6.07 Å². The number of aliphatic hydroxyl groups excluding tert-OH is 1. The van der Waals surface area contributed by atoms with Crippen LogP contribution in [0.5, 0.6) is 0 Å². The Morgan fingerprint density at radius 1 is 1.00 bits per heavy atom. The number of carbonyl (C=O) groups excluding carboxylic acids is 2. The molecule has 0 aliphatic heterocycles. The van der Waals surface area contributed by atoms with E-state index in [-0.39, 0.29) is 4.90 Å². The maximum absolute atomic E-state index is 13.2. The van der Waals surface area contributed by atoms with Crippen molar-refractivity contribution in [2.75, 3.05) is 4.90 Å². The van der Waals surface area contributed by atoms with E-state index in [1.807, 2.05) is 0 Å². The summed E-state index contributed by atoms with van der Waals surface area (Å²) in [6, 6.07) is 0.423. The van der Waals surface area contributed by atoms with Crippen molar-refractivity contribution < 1.29 is 37.3 Å². The molecular formula is C16H22F3N3O5. The van der Waals surface area contributed by atoms with Crippen molar-refractivity contribution in [1.82, 2.24) is 10.2 Å². The number of hydrogen-bond donors (Lipinski definition) is 1. The van der Waals surface area contributed by atoms with Gasteiger partial charge in [-0.3, -0.25) is 0 Å². The van der Waals surface area contributed by atoms with Gasteiger partial charge in [-0.15, -0.1) is 5.10 Å². The highest BCUT2D eigenvalue weighted by Crippen LogP contribution is 2.33. The highest BCUT2D eigenvalue weighted by molar-refractivity contribution is 6.08. The van der Waals surface area contributed by atoms with Crippen molar-refractivity contribution in [1.29, 1.82) is 0 Å². The van der Waals surface area contributed by atoms with Crippen molar-refractivity contribution in [3.05, 3.63) is 17.3 Å². The molecule has 1 aromatic heterocycles. The van der Waals surface area contributed by atoms with E-state index in [4.69, 9.17) is 14.6 Å². The third-order valence-electron chi connectivity index (χ3n) is 2.69. The molecule has 1 heterocycles. The highest BCUT2D eigenvalue weighted by atomic mass is 19.4. The lowest BCUT2D eigenvalue weighted by Gasteiger charge is -2.28. The zero-order chi connectivity index (χ0) is 21.2. The van der Waals surface area contributed by atoms with Gasteiger partial charge in [0, 0.05) is 0 Å². The second-order valence-corrected chi connectivity index (χ2v) is 7.51. The van der Waals surface area contributed by atoms with E-state index in [0.717, 1.165) is 0 Å². The van der Waals surface area contributed by atoms with Crippen molar-refractivity contribution in [2.45, 2.75) is 65.5 Å². The van der Waals surface area contributed by atoms with Crippen LogP contribution < -0.4 is 4.90 Å². The van der Waals surface area contributed by atoms with Crippen LogP contribution in [-0.4, -0.2) is 38.7 Å². The van der Waals surface area contributed by atoms with Gasteiger partial charge < -0.3 is 14.6 Å². The van der Waals surface area contributed by atoms with Crippen LogP contribution in [-0.2, 0) is 22.3 Å². The molecule has 1 N–H and O–H groups in total. The average Bonchev–Trinajstić information content (AvgIpc) is 2.42. The van der Waals surface area contributed by atoms with Crippen LogP contribution in [0.15, 0.2) is 6.07 Å². The molecule has 0 atom stereocenters. The first kappa shape index (κ1) is 22.6. The highest BCUT2D eigenvalue weighted by Gasteiger charge is 2.39. The molecule has 0 saturated heterocycles. The lowest BCUT2D eigenvalue weighted by molar-refractivity contribution is -0.139. The summed E-state index contributed by atoms with van der Waals surface area (Å²) < 4.78 is 49.7. The zero-order valence-electron chi connectivity index (χ0n) is 15.8. The average molecular weight is 393 g/mol. The second-order valence-electron chi connectivity index (χ2n) is 7.51. The monoisotopic (exact) mass is 393 g/mol. The Morgan fingerprint density at radius 2 is 1.44 bits per heavy atom. The number of alkyl halides is 3. The first-order chi connectivity index (χ1) is 12.0. The Balaban J connectivity index is 3.46. The Labute approximate surface area is 154 Å². The molecule has 0 fully saturated rings. The van der Waals surface area contributed by atoms with Crippen LogP contribution in [0.3, 0.4) is 0 Å². The molecule has 1 rings (SSSR count). The van der Waals surface area contributed by atoms with Crippen molar-refractivity contribution in [3.8, 4) is 0 Å². The van der Waals surface area contributed by atoms with E-state index >= 15 is 0 Å². The SMILES string of the molecule is CC(C)(C)OC(=O)N(C(=O)OC(C)(C)C)c1cc(C(F)(F)F)c(CO)nn1. The molecule has 0 saturated carbocycles. The van der Waals surface area contributed by atoms with Gasteiger partial charge in [0.25, 0.3) is 0 Å². The van der Waals surface area contributed by atoms with Gasteiger partial charge in [-0.2, -0.15) is 23.2 Å². The first-order valence-corrected chi connectivity index (χ1v) is 7.86. The minimum Gasteiger partial charge on any atom is -0.443 e. The van der Waals surface area contributed by atoms with E-state index in [1.54, 1.807) is 0 Å². The van der Waals surface area contributed by atoms with E-state index in [9.17, 15) is 22.8 Å². The molecule has 27 heavy (non-hydrogen) atoms. The van der Waals surface area contributed by atoms with Crippen LogP contribution in [0.25, 0.3) is 0 Å². The quantitative estimate of drug-likeness (QED) is 0.818. The van der Waals surface area contributed by atoms with Crippen molar-refractivity contribution in [3.63, 3.8) is 0 Å². The number of amides is 2. The molecule has 1 aromatic rings. The molecule has 152 valence electrons. The largest absolute Gasteiger partial charge is 0.443 e. The molecule has 11 heteroatoms. The lowest BCUT2D eigenvalue weighted by Crippen LogP contribution is -2.44. The molecule has 0 unspecified atom stereocenters. The second kappa shape index (κ2) is 7.67. The summed E-state index contributed by atoms with van der Waals surface area (Å²) in [6.07, 6.45) is -7.46. The number of nitrogens with zero attached hydrogens (tertiary/aromatic N) is 3. The summed E-state index contributed by atoms with van der Waals surface area (Å²) in [5.41, 5.74) is -4.17. The fourth-order valence-electron chi connectivity index (χ4n) is 1.75. The number of aliphatic hydroxyl groups is 1. The normalized spacial score (nSPS) is 12.5. The first-order valence-electron chi connectivity index (χ1n) is 7.86. The number of aromatic nitrogens is 2. The minimum atomic E-state index is -4.89. The Hall–Kier alpha value is -2.43. The Kier molecular flexibility index (Phi) is 6.42. The predicted molar refractivity (Wildman–Crippen MR) is 87.9 cm³/mol. The number of imide groups is 1. The third-order valence-corrected chi connectivity index (χ3v) is 2.69. The molecule has 0 bridgehead atoms. The van der Waals surface area contributed by atoms with Gasteiger partial charge in [0.05, 0.1) is 12.2 Å². The van der Waals surface area contributed by atoms with Crippen LogP contribution in [0.1, 0.15) is 52.8 Å². The smallest absolute Gasteiger partial charge is 0.425 e. The van der Waals surface area contributed by atoms with Crippen molar-refractivity contribution in [2.24, 2.45) is 0 Å². The lowest BCUT2D eigenvalue weighted by atomic mass is 10.2. The molecule has 0 spiro atoms. The van der Waals surface area contributed by atoms with Gasteiger partial charge >= 0.3 is 18.4 Å². The number of ether oxygens (including phenoxy) is 2. The molecule has 8 nitrogen and oxygen atoms in total. The summed E-state index contributed by atoms with van der Waals surface area (Å²) in [4.78, 5) is 25.0. The molecule has 0 aromatic carbocycles. The molecule has 0 aliphatic rings. The minimum absolute atomic E-state index is 0.222. The maximum atomic E-state index is 13.2. The van der Waals surface area contributed by atoms with E-state index in [2.05, 4.69) is 10.2 Å². The van der Waals surface area contributed by atoms with Crippen LogP contribution >= 0.6 is 0 Å². The van der Waals surface area contributed by atoms with Crippen molar-refractivity contribution >= 4 is 18.0 Å². The Bertz CT molecular complexity index is 681. The summed E-state index contributed by atoms with van der Waals surface area (Å²) >= 11 is 0. The number of halogens is 3. The van der Waals surface area contributed by atoms with Gasteiger partial charge in [-0.25, -0.2) is 9.59 Å². The summed E-state index contributed by atoms with van der Waals surface area (Å²) in [7, 11) is 0. The zero-order valence-corrected chi connectivity index (χ0v) is 15.8. The Morgan fingerprint density at radius 3 is 1.78 bits per heavy atom. The topological polar surface area (TPSA) is 102 Å². The fraction of sp³-hybridized carbons (Fsp3) is 0.625. The van der Waals surface area contributed by atoms with Crippen LogP contribution in [0.2, 0.25) is 0 Å². The summed E-state index contributed by atoms with van der Waals surface area (Å²) in [5.74, 6) is -0.747. The predicted octanol–water partition coefficient (Wildman–Crippen LogP) is 3.66. The van der Waals surface area contributed by atoms with Gasteiger partial charge in [0.2, 0.25) is 0 Å². The summed E-state index contributed by atoms with van der Waals surface area (Å²) in [5, 5.41) is 15.7. The van der Waals surface area contributed by atoms with Gasteiger partial charge in [0.1, 0.15) is 16.9 Å². The standard InChI is InChI=1S/C16H22F3N3O5/c1-14(2,3)26-12(24)22(13(25)27-15(4,5)6)11-7-9(16(17,18)19)10(8-23)20-21-11/h7,23H,8H2,1-6H3. The van der Waals surface area contributed by atoms with Crippen LogP contribution in [0, 0.1) is 0 Å².